The van der Waals surface area contributed by atoms with Crippen LogP contribution in [-0.2, 0) is 0 Å². The van der Waals surface area contributed by atoms with Gasteiger partial charge in [-0.15, -0.1) is 0 Å². The first-order chi connectivity index (χ1) is 30.7. The minimum absolute atomic E-state index is 0.567. The van der Waals surface area contributed by atoms with Crippen molar-refractivity contribution in [3.05, 3.63) is 224 Å². The Balaban J connectivity index is 0.921. The van der Waals surface area contributed by atoms with Crippen molar-refractivity contribution in [2.24, 2.45) is 0 Å². The van der Waals surface area contributed by atoms with Crippen molar-refractivity contribution in [1.29, 1.82) is 0 Å². The second-order valence-electron chi connectivity index (χ2n) is 15.7. The Morgan fingerprint density at radius 1 is 0.226 bits per heavy atom. The number of nitrogens with zero attached hydrogens (tertiary/aromatic N) is 5. The molecule has 0 aliphatic rings. The summed E-state index contributed by atoms with van der Waals surface area (Å²) >= 11 is 0. The molecule has 0 atom stereocenters. The minimum atomic E-state index is 0.567. The smallest absolute Gasteiger partial charge is 0.240 e. The highest BCUT2D eigenvalue weighted by Crippen LogP contribution is 2.36. The predicted molar refractivity (Wildman–Crippen MR) is 256 cm³/mol. The largest absolute Gasteiger partial charge is 0.278 e. The van der Waals surface area contributed by atoms with Gasteiger partial charge in [0.05, 0.1) is 22.1 Å². The van der Waals surface area contributed by atoms with Gasteiger partial charge in [0.2, 0.25) is 11.9 Å². The molecule has 0 saturated heterocycles. The van der Waals surface area contributed by atoms with Crippen LogP contribution in [0, 0.1) is 0 Å². The fourth-order valence-corrected chi connectivity index (χ4v) is 9.01. The second-order valence-corrected chi connectivity index (χ2v) is 15.7. The zero-order valence-corrected chi connectivity index (χ0v) is 33.6. The van der Waals surface area contributed by atoms with Crippen LogP contribution in [0.3, 0.4) is 0 Å². The van der Waals surface area contributed by atoms with Gasteiger partial charge in [0.25, 0.3) is 0 Å². The normalized spacial score (nSPS) is 11.5. The zero-order valence-electron chi connectivity index (χ0n) is 33.6. The van der Waals surface area contributed by atoms with Gasteiger partial charge in [0.1, 0.15) is 0 Å². The van der Waals surface area contributed by atoms with Crippen molar-refractivity contribution in [3.63, 3.8) is 0 Å². The van der Waals surface area contributed by atoms with E-state index in [0.29, 0.717) is 17.7 Å². The van der Waals surface area contributed by atoms with Gasteiger partial charge >= 0.3 is 0 Å². The van der Waals surface area contributed by atoms with E-state index in [9.17, 15) is 0 Å². The van der Waals surface area contributed by atoms with Crippen molar-refractivity contribution in [2.75, 3.05) is 0 Å². The molecule has 290 valence electrons. The average molecular weight is 792 g/mol. The second kappa shape index (κ2) is 14.7. The van der Waals surface area contributed by atoms with Gasteiger partial charge in [0, 0.05) is 27.1 Å². The summed E-state index contributed by atoms with van der Waals surface area (Å²) in [5, 5.41) is 4.61. The summed E-state index contributed by atoms with van der Waals surface area (Å²) in [5.41, 5.74) is 14.5. The molecule has 0 aliphatic carbocycles. The van der Waals surface area contributed by atoms with E-state index in [1.54, 1.807) is 0 Å². The van der Waals surface area contributed by atoms with E-state index in [4.69, 9.17) is 15.0 Å². The third-order valence-electron chi connectivity index (χ3n) is 12.0. The first-order valence-corrected chi connectivity index (χ1v) is 20.9. The third-order valence-corrected chi connectivity index (χ3v) is 12.0. The first-order valence-electron chi connectivity index (χ1n) is 20.9. The number of aromatic nitrogens is 5. The maximum atomic E-state index is 5.29. The molecule has 62 heavy (non-hydrogen) atoms. The van der Waals surface area contributed by atoms with E-state index >= 15 is 0 Å². The fraction of sp³-hybridized carbons (Fsp3) is 0. The molecule has 0 saturated carbocycles. The van der Waals surface area contributed by atoms with E-state index in [1.165, 1.54) is 33.4 Å². The maximum Gasteiger partial charge on any atom is 0.240 e. The summed E-state index contributed by atoms with van der Waals surface area (Å²) in [6.07, 6.45) is 0. The molecule has 0 bridgehead atoms. The molecule has 0 amide bonds. The van der Waals surface area contributed by atoms with Crippen LogP contribution in [0.15, 0.2) is 224 Å². The molecule has 12 aromatic rings. The van der Waals surface area contributed by atoms with Crippen LogP contribution >= 0.6 is 0 Å². The third kappa shape index (κ3) is 6.06. The lowest BCUT2D eigenvalue weighted by Gasteiger charge is -2.13. The standard InChI is InChI=1S/C57H37N5/c1-2-14-38(15-3-1)43-16-12-18-45(36-43)46-19-13-17-44(37-46)41-30-28-39(29-31-41)40-32-34-42(35-33-40)55-58-56(61-51-24-8-4-20-47(51)48-21-5-9-25-52(48)61)60-57(59-55)62-53-26-10-6-22-49(53)50-23-7-11-27-54(50)62/h1-37H. The lowest BCUT2D eigenvalue weighted by Crippen LogP contribution is -2.10. The Hall–Kier alpha value is -8.41. The van der Waals surface area contributed by atoms with Crippen LogP contribution in [0.1, 0.15) is 0 Å². The Kier molecular flexibility index (Phi) is 8.42. The molecule has 0 aliphatic heterocycles. The number of para-hydroxylation sites is 4. The zero-order chi connectivity index (χ0) is 41.0. The Morgan fingerprint density at radius 3 is 0.919 bits per heavy atom. The monoisotopic (exact) mass is 791 g/mol. The Morgan fingerprint density at radius 2 is 0.516 bits per heavy atom. The van der Waals surface area contributed by atoms with Crippen molar-refractivity contribution < 1.29 is 0 Å². The highest BCUT2D eigenvalue weighted by molar-refractivity contribution is 6.10. The quantitative estimate of drug-likeness (QED) is 0.162. The lowest BCUT2D eigenvalue weighted by atomic mass is 9.95. The highest BCUT2D eigenvalue weighted by atomic mass is 15.3. The summed E-state index contributed by atoms with van der Waals surface area (Å²) in [7, 11) is 0. The van der Waals surface area contributed by atoms with Gasteiger partial charge in [-0.05, 0) is 80.9 Å². The van der Waals surface area contributed by atoms with Gasteiger partial charge in [0.15, 0.2) is 5.82 Å². The Bertz CT molecular complexity index is 3380. The van der Waals surface area contributed by atoms with Crippen LogP contribution in [0.25, 0.3) is 111 Å². The molecule has 5 heteroatoms. The van der Waals surface area contributed by atoms with Crippen molar-refractivity contribution in [1.82, 2.24) is 24.1 Å². The molecular formula is C57H37N5. The van der Waals surface area contributed by atoms with Gasteiger partial charge in [-0.3, -0.25) is 9.13 Å². The predicted octanol–water partition coefficient (Wildman–Crippen LogP) is 14.4. The van der Waals surface area contributed by atoms with Gasteiger partial charge in [-0.1, -0.05) is 188 Å². The van der Waals surface area contributed by atoms with Crippen LogP contribution in [0.2, 0.25) is 0 Å². The van der Waals surface area contributed by atoms with Gasteiger partial charge in [-0.2, -0.15) is 15.0 Å². The van der Waals surface area contributed by atoms with Crippen LogP contribution in [-0.4, -0.2) is 24.1 Å². The average Bonchev–Trinajstić information content (AvgIpc) is 3.88. The Labute approximate surface area is 358 Å². The number of hydrogen-bond donors (Lipinski definition) is 0. The highest BCUT2D eigenvalue weighted by Gasteiger charge is 2.20. The topological polar surface area (TPSA) is 48.5 Å². The molecule has 5 nitrogen and oxygen atoms in total. The summed E-state index contributed by atoms with van der Waals surface area (Å²) in [6.45, 7) is 0. The van der Waals surface area contributed by atoms with Gasteiger partial charge in [-0.25, -0.2) is 0 Å². The van der Waals surface area contributed by atoms with Crippen LogP contribution < -0.4 is 0 Å². The molecule has 0 unspecified atom stereocenters. The summed E-state index contributed by atoms with van der Waals surface area (Å²) in [4.78, 5) is 15.8. The van der Waals surface area contributed by atoms with Crippen molar-refractivity contribution in [3.8, 4) is 67.8 Å². The van der Waals surface area contributed by atoms with E-state index in [2.05, 4.69) is 234 Å². The molecule has 0 N–H and O–H groups in total. The fourth-order valence-electron chi connectivity index (χ4n) is 9.01. The molecule has 3 heterocycles. The summed E-state index contributed by atoms with van der Waals surface area (Å²) < 4.78 is 4.33. The first kappa shape index (κ1) is 35.5. The van der Waals surface area contributed by atoms with E-state index in [0.717, 1.165) is 60.3 Å². The van der Waals surface area contributed by atoms with Crippen LogP contribution in [0.5, 0.6) is 0 Å². The molecular weight excluding hydrogens is 755 g/mol. The van der Waals surface area contributed by atoms with Crippen molar-refractivity contribution >= 4 is 43.6 Å². The van der Waals surface area contributed by atoms with Gasteiger partial charge < -0.3 is 0 Å². The maximum absolute atomic E-state index is 5.29. The van der Waals surface area contributed by atoms with E-state index in [1.807, 2.05) is 0 Å². The molecule has 0 radical (unpaired) electrons. The molecule has 9 aromatic carbocycles. The SMILES string of the molecule is c1ccc(-c2cccc(-c3cccc(-c4ccc(-c5ccc(-c6nc(-n7c8ccccc8c8ccccc87)nc(-n7c8ccccc8c8ccccc87)n6)cc5)cc4)c3)c2)cc1. The summed E-state index contributed by atoms with van der Waals surface area (Å²) in [6, 6.07) is 79.4. The minimum Gasteiger partial charge on any atom is -0.278 e. The van der Waals surface area contributed by atoms with Crippen molar-refractivity contribution in [2.45, 2.75) is 0 Å². The molecule has 3 aromatic heterocycles. The molecule has 0 spiro atoms. The van der Waals surface area contributed by atoms with E-state index in [-0.39, 0.29) is 0 Å². The summed E-state index contributed by atoms with van der Waals surface area (Å²) in [5.74, 6) is 1.73. The molecule has 12 rings (SSSR count). The number of hydrogen-bond acceptors (Lipinski definition) is 3. The number of fused-ring (bicyclic) bond motifs is 6. The number of rotatable bonds is 7. The lowest BCUT2D eigenvalue weighted by molar-refractivity contribution is 0.893. The van der Waals surface area contributed by atoms with E-state index < -0.39 is 0 Å². The van der Waals surface area contributed by atoms with Crippen LogP contribution in [0.4, 0.5) is 0 Å². The number of benzene rings is 9. The molecule has 0 fully saturated rings.